The summed E-state index contributed by atoms with van der Waals surface area (Å²) in [5.74, 6) is 0.935. The van der Waals surface area contributed by atoms with Gasteiger partial charge in [0.05, 0.1) is 37.5 Å². The van der Waals surface area contributed by atoms with E-state index >= 15 is 0 Å². The van der Waals surface area contributed by atoms with Crippen LogP contribution >= 0.6 is 0 Å². The van der Waals surface area contributed by atoms with Crippen molar-refractivity contribution in [3.05, 3.63) is 72.3 Å². The molecule has 8 nitrogen and oxygen atoms in total. The zero-order valence-corrected chi connectivity index (χ0v) is 18.0. The second-order valence-electron chi connectivity index (χ2n) is 6.35. The summed E-state index contributed by atoms with van der Waals surface area (Å²) in [6.45, 7) is 0. The van der Waals surface area contributed by atoms with Crippen molar-refractivity contribution in [2.75, 3.05) is 31.4 Å². The average molecular weight is 442 g/mol. The number of nitrogens with one attached hydrogen (secondary N) is 2. The largest absolute Gasteiger partial charge is 0.497 e. The van der Waals surface area contributed by atoms with Crippen LogP contribution in [0.15, 0.2) is 71.6 Å². The minimum absolute atomic E-state index is 0.0284. The van der Waals surface area contributed by atoms with Gasteiger partial charge in [-0.1, -0.05) is 12.1 Å². The van der Waals surface area contributed by atoms with E-state index in [9.17, 15) is 13.2 Å². The Kier molecular flexibility index (Phi) is 6.66. The van der Waals surface area contributed by atoms with Gasteiger partial charge in [-0.2, -0.15) is 0 Å². The number of hydrogen-bond acceptors (Lipinski definition) is 6. The van der Waals surface area contributed by atoms with Crippen LogP contribution in [-0.2, 0) is 10.0 Å². The first-order valence-electron chi connectivity index (χ1n) is 9.17. The number of carbonyl (C=O) groups is 1. The number of benzene rings is 3. The van der Waals surface area contributed by atoms with Gasteiger partial charge in [-0.05, 0) is 48.5 Å². The van der Waals surface area contributed by atoms with Crippen molar-refractivity contribution in [3.63, 3.8) is 0 Å². The van der Waals surface area contributed by atoms with Crippen molar-refractivity contribution in [1.29, 1.82) is 0 Å². The number of sulfonamides is 1. The fourth-order valence-corrected chi connectivity index (χ4v) is 3.90. The van der Waals surface area contributed by atoms with Gasteiger partial charge in [0.1, 0.15) is 17.2 Å². The lowest BCUT2D eigenvalue weighted by molar-refractivity contribution is 0.102. The second kappa shape index (κ2) is 9.40. The van der Waals surface area contributed by atoms with E-state index in [0.29, 0.717) is 28.5 Å². The molecule has 0 bridgehead atoms. The van der Waals surface area contributed by atoms with Gasteiger partial charge >= 0.3 is 0 Å². The summed E-state index contributed by atoms with van der Waals surface area (Å²) in [7, 11) is 0.549. The summed E-state index contributed by atoms with van der Waals surface area (Å²) in [6.07, 6.45) is 0. The summed E-state index contributed by atoms with van der Waals surface area (Å²) in [4.78, 5) is 12.5. The van der Waals surface area contributed by atoms with E-state index in [1.807, 2.05) is 0 Å². The number of amides is 1. The molecule has 0 atom stereocenters. The van der Waals surface area contributed by atoms with E-state index in [2.05, 4.69) is 10.0 Å². The Hall–Kier alpha value is -3.72. The van der Waals surface area contributed by atoms with E-state index in [-0.39, 0.29) is 16.5 Å². The van der Waals surface area contributed by atoms with Crippen molar-refractivity contribution in [2.24, 2.45) is 0 Å². The van der Waals surface area contributed by atoms with E-state index in [4.69, 9.17) is 14.2 Å². The molecule has 0 fully saturated rings. The molecule has 9 heteroatoms. The molecule has 0 saturated heterocycles. The predicted octanol–water partition coefficient (Wildman–Crippen LogP) is 3.77. The van der Waals surface area contributed by atoms with Gasteiger partial charge in [-0.25, -0.2) is 8.42 Å². The zero-order chi connectivity index (χ0) is 22.4. The molecule has 0 unspecified atom stereocenters. The van der Waals surface area contributed by atoms with Crippen LogP contribution in [0.3, 0.4) is 0 Å². The molecule has 3 aromatic rings. The molecule has 0 aliphatic heterocycles. The Morgan fingerprint density at radius 2 is 1.48 bits per heavy atom. The molecular formula is C22H22N2O6S. The number of anilines is 2. The lowest BCUT2D eigenvalue weighted by atomic mass is 10.2. The van der Waals surface area contributed by atoms with Crippen molar-refractivity contribution in [3.8, 4) is 17.2 Å². The van der Waals surface area contributed by atoms with Gasteiger partial charge in [0, 0.05) is 11.8 Å². The number of rotatable bonds is 8. The van der Waals surface area contributed by atoms with Crippen molar-refractivity contribution in [2.45, 2.75) is 4.90 Å². The van der Waals surface area contributed by atoms with Crippen LogP contribution in [-0.4, -0.2) is 35.7 Å². The number of methoxy groups -OCH3 is 3. The number of ether oxygens (including phenoxy) is 3. The maximum atomic E-state index is 12.8. The molecule has 2 N–H and O–H groups in total. The summed E-state index contributed by atoms with van der Waals surface area (Å²) in [5.41, 5.74) is 1.09. The maximum absolute atomic E-state index is 12.8. The molecule has 0 saturated carbocycles. The van der Waals surface area contributed by atoms with Crippen LogP contribution in [0.2, 0.25) is 0 Å². The first-order valence-corrected chi connectivity index (χ1v) is 10.7. The minimum atomic E-state index is -3.88. The Morgan fingerprint density at radius 3 is 2.13 bits per heavy atom. The van der Waals surface area contributed by atoms with Crippen LogP contribution in [0.1, 0.15) is 10.4 Å². The lowest BCUT2D eigenvalue weighted by Gasteiger charge is -2.13. The zero-order valence-electron chi connectivity index (χ0n) is 17.2. The molecule has 31 heavy (non-hydrogen) atoms. The van der Waals surface area contributed by atoms with Crippen LogP contribution in [0.5, 0.6) is 17.2 Å². The third-order valence-corrected chi connectivity index (χ3v) is 5.81. The molecule has 3 rings (SSSR count). The minimum Gasteiger partial charge on any atom is -0.497 e. The first kappa shape index (κ1) is 22.0. The normalized spacial score (nSPS) is 10.8. The summed E-state index contributed by atoms with van der Waals surface area (Å²) >= 11 is 0. The molecule has 1 amide bonds. The fourth-order valence-electron chi connectivity index (χ4n) is 2.83. The second-order valence-corrected chi connectivity index (χ2v) is 8.03. The highest BCUT2D eigenvalue weighted by Crippen LogP contribution is 2.31. The molecule has 0 aromatic heterocycles. The summed E-state index contributed by atoms with van der Waals surface area (Å²) < 4.78 is 43.6. The van der Waals surface area contributed by atoms with Crippen LogP contribution < -0.4 is 24.2 Å². The molecule has 0 spiro atoms. The number of carbonyl (C=O) groups excluding carboxylic acids is 1. The summed E-state index contributed by atoms with van der Waals surface area (Å²) in [6, 6.07) is 17.4. The highest BCUT2D eigenvalue weighted by Gasteiger charge is 2.18. The molecule has 3 aromatic carbocycles. The smallest absolute Gasteiger partial charge is 0.262 e. The van der Waals surface area contributed by atoms with E-state index in [1.165, 1.54) is 45.6 Å². The molecule has 0 aliphatic rings. The molecule has 0 aliphatic carbocycles. The van der Waals surface area contributed by atoms with Gasteiger partial charge in [-0.3, -0.25) is 9.52 Å². The van der Waals surface area contributed by atoms with Crippen LogP contribution in [0.4, 0.5) is 11.4 Å². The highest BCUT2D eigenvalue weighted by molar-refractivity contribution is 7.92. The molecule has 0 radical (unpaired) electrons. The Morgan fingerprint density at radius 1 is 0.806 bits per heavy atom. The van der Waals surface area contributed by atoms with E-state index in [1.54, 1.807) is 42.5 Å². The number of para-hydroxylation sites is 1. The quantitative estimate of drug-likeness (QED) is 0.551. The highest BCUT2D eigenvalue weighted by atomic mass is 32.2. The molecular weight excluding hydrogens is 420 g/mol. The third kappa shape index (κ3) is 5.07. The monoisotopic (exact) mass is 442 g/mol. The van der Waals surface area contributed by atoms with Crippen molar-refractivity contribution in [1.82, 2.24) is 0 Å². The van der Waals surface area contributed by atoms with E-state index < -0.39 is 10.0 Å². The fraction of sp³-hybridized carbons (Fsp3) is 0.136. The van der Waals surface area contributed by atoms with Gasteiger partial charge in [-0.15, -0.1) is 0 Å². The number of hydrogen-bond donors (Lipinski definition) is 2. The van der Waals surface area contributed by atoms with Gasteiger partial charge in [0.2, 0.25) is 0 Å². The molecule has 0 heterocycles. The SMILES string of the molecule is COc1ccc(NS(=O)(=O)c2ccc(NC(=O)c3ccccc3OC)cc2)c(OC)c1. The average Bonchev–Trinajstić information content (AvgIpc) is 2.79. The Labute approximate surface area is 180 Å². The predicted molar refractivity (Wildman–Crippen MR) is 118 cm³/mol. The van der Waals surface area contributed by atoms with Gasteiger partial charge in [0.15, 0.2) is 0 Å². The summed E-state index contributed by atoms with van der Waals surface area (Å²) in [5, 5.41) is 2.72. The van der Waals surface area contributed by atoms with Gasteiger partial charge in [0.25, 0.3) is 15.9 Å². The Bertz CT molecular complexity index is 1180. The van der Waals surface area contributed by atoms with Crippen LogP contribution in [0, 0.1) is 0 Å². The van der Waals surface area contributed by atoms with Crippen molar-refractivity contribution >= 4 is 27.3 Å². The lowest BCUT2D eigenvalue weighted by Crippen LogP contribution is -2.15. The third-order valence-electron chi connectivity index (χ3n) is 4.43. The van der Waals surface area contributed by atoms with Crippen molar-refractivity contribution < 1.29 is 27.4 Å². The van der Waals surface area contributed by atoms with Gasteiger partial charge < -0.3 is 19.5 Å². The standard InChI is InChI=1S/C22H22N2O6S/c1-28-16-10-13-19(21(14-16)30-3)24-31(26,27)17-11-8-15(9-12-17)23-22(25)18-6-4-5-7-20(18)29-2/h4-14,24H,1-3H3,(H,23,25). The van der Waals surface area contributed by atoms with E-state index in [0.717, 1.165) is 0 Å². The Balaban J connectivity index is 1.77. The van der Waals surface area contributed by atoms with Crippen LogP contribution in [0.25, 0.3) is 0 Å². The topological polar surface area (TPSA) is 103 Å². The maximum Gasteiger partial charge on any atom is 0.262 e. The molecule has 162 valence electrons. The first-order chi connectivity index (χ1) is 14.9.